The summed E-state index contributed by atoms with van der Waals surface area (Å²) in [6.45, 7) is 6.08. The van der Waals surface area contributed by atoms with Gasteiger partial charge in [-0.15, -0.1) is 0 Å². The first-order valence-corrected chi connectivity index (χ1v) is 5.11. The molecule has 74 valence electrons. The van der Waals surface area contributed by atoms with Gasteiger partial charge in [0, 0.05) is 26.2 Å². The number of carbonyl (C=O) groups excluding carboxylic acids is 1. The molecule has 0 radical (unpaired) electrons. The first kappa shape index (κ1) is 8.81. The van der Waals surface area contributed by atoms with Gasteiger partial charge in [0.05, 0.1) is 0 Å². The lowest BCUT2D eigenvalue weighted by atomic mass is 10.4. The molecule has 2 amide bonds. The van der Waals surface area contributed by atoms with Crippen LogP contribution in [0, 0.1) is 0 Å². The van der Waals surface area contributed by atoms with Gasteiger partial charge < -0.3 is 15.1 Å². The smallest absolute Gasteiger partial charge is 0.317 e. The SMILES string of the molecule is O=C1NCCN1CCN1CCCC1. The Bertz CT molecular complexity index is 189. The van der Waals surface area contributed by atoms with Crippen LogP contribution in [0.2, 0.25) is 0 Å². The summed E-state index contributed by atoms with van der Waals surface area (Å²) in [5.41, 5.74) is 0. The Morgan fingerprint density at radius 3 is 2.54 bits per heavy atom. The minimum atomic E-state index is 0.110. The van der Waals surface area contributed by atoms with Crippen molar-refractivity contribution >= 4 is 6.03 Å². The Balaban J connectivity index is 1.69. The maximum Gasteiger partial charge on any atom is 0.317 e. The van der Waals surface area contributed by atoms with E-state index < -0.39 is 0 Å². The van der Waals surface area contributed by atoms with Gasteiger partial charge in [0.2, 0.25) is 0 Å². The number of nitrogens with zero attached hydrogens (tertiary/aromatic N) is 2. The highest BCUT2D eigenvalue weighted by Crippen LogP contribution is 2.07. The summed E-state index contributed by atoms with van der Waals surface area (Å²) < 4.78 is 0. The van der Waals surface area contributed by atoms with Crippen LogP contribution in [0.4, 0.5) is 4.79 Å². The lowest BCUT2D eigenvalue weighted by Gasteiger charge is -2.19. The maximum atomic E-state index is 11.2. The largest absolute Gasteiger partial charge is 0.336 e. The van der Waals surface area contributed by atoms with Crippen LogP contribution in [-0.4, -0.2) is 55.1 Å². The number of carbonyl (C=O) groups is 1. The molecule has 2 heterocycles. The van der Waals surface area contributed by atoms with E-state index in [-0.39, 0.29) is 6.03 Å². The predicted molar refractivity (Wildman–Crippen MR) is 50.6 cm³/mol. The predicted octanol–water partition coefficient (Wildman–Crippen LogP) is 0.107. The van der Waals surface area contributed by atoms with Gasteiger partial charge in [-0.3, -0.25) is 0 Å². The maximum absolute atomic E-state index is 11.2. The first-order chi connectivity index (χ1) is 6.36. The molecule has 2 aliphatic heterocycles. The van der Waals surface area contributed by atoms with Gasteiger partial charge in [-0.25, -0.2) is 4.79 Å². The molecule has 4 heteroatoms. The monoisotopic (exact) mass is 183 g/mol. The molecule has 0 atom stereocenters. The van der Waals surface area contributed by atoms with Crippen molar-refractivity contribution in [2.45, 2.75) is 12.8 Å². The highest BCUT2D eigenvalue weighted by atomic mass is 16.2. The van der Waals surface area contributed by atoms with Crippen LogP contribution in [0.3, 0.4) is 0 Å². The van der Waals surface area contributed by atoms with Gasteiger partial charge in [-0.1, -0.05) is 0 Å². The molecule has 4 nitrogen and oxygen atoms in total. The molecule has 0 aromatic heterocycles. The second kappa shape index (κ2) is 3.96. The Morgan fingerprint density at radius 1 is 1.15 bits per heavy atom. The van der Waals surface area contributed by atoms with Gasteiger partial charge in [-0.05, 0) is 25.9 Å². The molecule has 0 aromatic carbocycles. The normalized spacial score (nSPS) is 24.0. The third-order valence-corrected chi connectivity index (χ3v) is 2.83. The summed E-state index contributed by atoms with van der Waals surface area (Å²) in [4.78, 5) is 15.5. The van der Waals surface area contributed by atoms with Crippen molar-refractivity contribution in [3.05, 3.63) is 0 Å². The molecule has 2 saturated heterocycles. The standard InChI is InChI=1S/C9H17N3O/c13-9-10-3-6-12(9)8-7-11-4-1-2-5-11/h1-8H2,(H,10,13). The second-order valence-electron chi connectivity index (χ2n) is 3.77. The van der Waals surface area contributed by atoms with E-state index >= 15 is 0 Å². The lowest BCUT2D eigenvalue weighted by molar-refractivity contribution is 0.208. The topological polar surface area (TPSA) is 35.6 Å². The molecule has 0 unspecified atom stereocenters. The highest BCUT2D eigenvalue weighted by Gasteiger charge is 2.20. The number of hydrogen-bond donors (Lipinski definition) is 1. The molecule has 0 saturated carbocycles. The van der Waals surface area contributed by atoms with Crippen molar-refractivity contribution < 1.29 is 4.79 Å². The molecule has 13 heavy (non-hydrogen) atoms. The summed E-state index contributed by atoms with van der Waals surface area (Å²) in [5.74, 6) is 0. The molecule has 0 aromatic rings. The molecule has 0 spiro atoms. The van der Waals surface area contributed by atoms with E-state index in [1.807, 2.05) is 4.90 Å². The molecule has 0 bridgehead atoms. The number of nitrogens with one attached hydrogen (secondary N) is 1. The van der Waals surface area contributed by atoms with Crippen molar-refractivity contribution in [1.29, 1.82) is 0 Å². The Hall–Kier alpha value is -0.770. The van der Waals surface area contributed by atoms with Gasteiger partial charge in [0.1, 0.15) is 0 Å². The molecular formula is C9H17N3O. The zero-order valence-electron chi connectivity index (χ0n) is 7.96. The number of hydrogen-bond acceptors (Lipinski definition) is 2. The fraction of sp³-hybridized carbons (Fsp3) is 0.889. The third-order valence-electron chi connectivity index (χ3n) is 2.83. The van der Waals surface area contributed by atoms with Gasteiger partial charge in [-0.2, -0.15) is 0 Å². The van der Waals surface area contributed by atoms with E-state index in [1.165, 1.54) is 25.9 Å². The third kappa shape index (κ3) is 2.12. The van der Waals surface area contributed by atoms with Crippen molar-refractivity contribution in [3.8, 4) is 0 Å². The number of urea groups is 1. The molecule has 2 fully saturated rings. The van der Waals surface area contributed by atoms with Crippen LogP contribution in [0.15, 0.2) is 0 Å². The fourth-order valence-corrected chi connectivity index (χ4v) is 1.99. The number of amides is 2. The molecule has 2 aliphatic rings. The average Bonchev–Trinajstić information content (AvgIpc) is 2.72. The van der Waals surface area contributed by atoms with E-state index in [0.717, 1.165) is 26.2 Å². The van der Waals surface area contributed by atoms with Crippen molar-refractivity contribution in [3.63, 3.8) is 0 Å². The van der Waals surface area contributed by atoms with Gasteiger partial charge >= 0.3 is 6.03 Å². The number of likely N-dealkylation sites (tertiary alicyclic amines) is 1. The molecule has 0 aliphatic carbocycles. The summed E-state index contributed by atoms with van der Waals surface area (Å²) in [7, 11) is 0. The second-order valence-corrected chi connectivity index (χ2v) is 3.77. The Morgan fingerprint density at radius 2 is 1.92 bits per heavy atom. The Kier molecular flexibility index (Phi) is 2.68. The van der Waals surface area contributed by atoms with Crippen LogP contribution < -0.4 is 5.32 Å². The quantitative estimate of drug-likeness (QED) is 0.674. The van der Waals surface area contributed by atoms with E-state index in [4.69, 9.17) is 0 Å². The minimum absolute atomic E-state index is 0.110. The number of rotatable bonds is 3. The minimum Gasteiger partial charge on any atom is -0.336 e. The first-order valence-electron chi connectivity index (χ1n) is 5.11. The summed E-state index contributed by atoms with van der Waals surface area (Å²) >= 11 is 0. The highest BCUT2D eigenvalue weighted by molar-refractivity contribution is 5.76. The molecule has 1 N–H and O–H groups in total. The Labute approximate surface area is 78.9 Å². The van der Waals surface area contributed by atoms with E-state index in [1.54, 1.807) is 0 Å². The summed E-state index contributed by atoms with van der Waals surface area (Å²) in [6.07, 6.45) is 2.65. The summed E-state index contributed by atoms with van der Waals surface area (Å²) in [5, 5.41) is 2.81. The zero-order chi connectivity index (χ0) is 9.10. The molecular weight excluding hydrogens is 166 g/mol. The summed E-state index contributed by atoms with van der Waals surface area (Å²) in [6, 6.07) is 0.110. The van der Waals surface area contributed by atoms with Crippen molar-refractivity contribution in [2.75, 3.05) is 39.3 Å². The zero-order valence-corrected chi connectivity index (χ0v) is 7.96. The van der Waals surface area contributed by atoms with Crippen molar-refractivity contribution in [2.24, 2.45) is 0 Å². The molecule has 2 rings (SSSR count). The van der Waals surface area contributed by atoms with Crippen LogP contribution in [-0.2, 0) is 0 Å². The van der Waals surface area contributed by atoms with E-state index in [0.29, 0.717) is 0 Å². The van der Waals surface area contributed by atoms with Crippen molar-refractivity contribution in [1.82, 2.24) is 15.1 Å². The van der Waals surface area contributed by atoms with E-state index in [9.17, 15) is 4.79 Å². The van der Waals surface area contributed by atoms with Crippen LogP contribution in [0.1, 0.15) is 12.8 Å². The average molecular weight is 183 g/mol. The fourth-order valence-electron chi connectivity index (χ4n) is 1.99. The van der Waals surface area contributed by atoms with Crippen LogP contribution >= 0.6 is 0 Å². The van der Waals surface area contributed by atoms with Crippen LogP contribution in [0.25, 0.3) is 0 Å². The van der Waals surface area contributed by atoms with Gasteiger partial charge in [0.25, 0.3) is 0 Å². The lowest BCUT2D eigenvalue weighted by Crippen LogP contribution is -2.35. The van der Waals surface area contributed by atoms with Crippen LogP contribution in [0.5, 0.6) is 0 Å². The van der Waals surface area contributed by atoms with E-state index in [2.05, 4.69) is 10.2 Å². The van der Waals surface area contributed by atoms with Gasteiger partial charge in [0.15, 0.2) is 0 Å².